The van der Waals surface area contributed by atoms with Gasteiger partial charge in [-0.05, 0) is 43.2 Å². The minimum absolute atomic E-state index is 0.0174. The molecule has 1 aromatic heterocycles. The first kappa shape index (κ1) is 17.4. The molecular formula is C18H19ClN2O4. The molecule has 0 bridgehead atoms. The van der Waals surface area contributed by atoms with Crippen LogP contribution < -0.4 is 5.32 Å². The van der Waals surface area contributed by atoms with Crippen molar-refractivity contribution in [3.05, 3.63) is 52.9 Å². The molecule has 0 aliphatic carbocycles. The van der Waals surface area contributed by atoms with E-state index in [9.17, 15) is 14.7 Å². The Bertz CT molecular complexity index is 752. The number of benzene rings is 1. The first-order valence-corrected chi connectivity index (χ1v) is 8.50. The zero-order valence-corrected chi connectivity index (χ0v) is 14.3. The van der Waals surface area contributed by atoms with Crippen molar-refractivity contribution in [3.63, 3.8) is 0 Å². The van der Waals surface area contributed by atoms with Crippen LogP contribution in [-0.2, 0) is 11.3 Å². The van der Waals surface area contributed by atoms with Crippen molar-refractivity contribution in [3.8, 4) is 5.75 Å². The summed E-state index contributed by atoms with van der Waals surface area (Å²) in [5.41, 5.74) is 0.434. The fourth-order valence-corrected chi connectivity index (χ4v) is 3.08. The number of amides is 2. The van der Waals surface area contributed by atoms with E-state index in [0.717, 1.165) is 0 Å². The SMILES string of the molecule is O=C(NCc1ccco1)C1CCN(C(=O)c2ccc(O)c(Cl)c2)CC1. The Morgan fingerprint density at radius 2 is 2.04 bits per heavy atom. The number of halogens is 1. The van der Waals surface area contributed by atoms with Gasteiger partial charge in [-0.3, -0.25) is 9.59 Å². The molecule has 0 radical (unpaired) electrons. The third kappa shape index (κ3) is 4.14. The molecule has 2 aromatic rings. The van der Waals surface area contributed by atoms with Gasteiger partial charge in [-0.15, -0.1) is 0 Å². The number of furan rings is 1. The minimum atomic E-state index is -0.142. The summed E-state index contributed by atoms with van der Waals surface area (Å²) in [6, 6.07) is 8.00. The van der Waals surface area contributed by atoms with E-state index in [4.69, 9.17) is 16.0 Å². The van der Waals surface area contributed by atoms with E-state index in [2.05, 4.69) is 5.32 Å². The van der Waals surface area contributed by atoms with E-state index in [-0.39, 0.29) is 28.5 Å². The normalized spacial score (nSPS) is 15.2. The average molecular weight is 363 g/mol. The summed E-state index contributed by atoms with van der Waals surface area (Å²) in [5, 5.41) is 12.5. The summed E-state index contributed by atoms with van der Waals surface area (Å²) in [7, 11) is 0. The number of rotatable bonds is 4. The van der Waals surface area contributed by atoms with Gasteiger partial charge in [0.15, 0.2) is 0 Å². The second-order valence-corrected chi connectivity index (χ2v) is 6.44. The molecule has 3 rings (SSSR count). The molecule has 2 N–H and O–H groups in total. The van der Waals surface area contributed by atoms with Crippen LogP contribution in [0.3, 0.4) is 0 Å². The van der Waals surface area contributed by atoms with E-state index in [0.29, 0.717) is 43.8 Å². The van der Waals surface area contributed by atoms with Crippen LogP contribution in [0.25, 0.3) is 0 Å². The Balaban J connectivity index is 1.51. The molecule has 1 aliphatic rings. The van der Waals surface area contributed by atoms with Gasteiger partial charge in [-0.1, -0.05) is 11.6 Å². The van der Waals surface area contributed by atoms with Gasteiger partial charge in [-0.25, -0.2) is 0 Å². The van der Waals surface area contributed by atoms with Crippen LogP contribution in [-0.4, -0.2) is 34.9 Å². The quantitative estimate of drug-likeness (QED) is 0.876. The van der Waals surface area contributed by atoms with Gasteiger partial charge >= 0.3 is 0 Å². The standard InChI is InChI=1S/C18H19ClN2O4/c19-15-10-13(3-4-16(15)22)18(24)21-7-5-12(6-8-21)17(23)20-11-14-2-1-9-25-14/h1-4,9-10,12,22H,5-8,11H2,(H,20,23). The molecule has 132 valence electrons. The van der Waals surface area contributed by atoms with Gasteiger partial charge in [0.1, 0.15) is 11.5 Å². The Labute approximate surface area is 150 Å². The van der Waals surface area contributed by atoms with Gasteiger partial charge in [0, 0.05) is 24.6 Å². The highest BCUT2D eigenvalue weighted by molar-refractivity contribution is 6.32. The zero-order valence-electron chi connectivity index (χ0n) is 13.6. The molecule has 25 heavy (non-hydrogen) atoms. The lowest BCUT2D eigenvalue weighted by Crippen LogP contribution is -2.42. The number of carbonyl (C=O) groups is 2. The van der Waals surface area contributed by atoms with Gasteiger partial charge < -0.3 is 19.7 Å². The molecule has 2 amide bonds. The Morgan fingerprint density at radius 1 is 1.28 bits per heavy atom. The zero-order chi connectivity index (χ0) is 17.8. The van der Waals surface area contributed by atoms with E-state index >= 15 is 0 Å². The van der Waals surface area contributed by atoms with Crippen LogP contribution in [0.2, 0.25) is 5.02 Å². The summed E-state index contributed by atoms with van der Waals surface area (Å²) in [6.45, 7) is 1.39. The number of hydrogen-bond donors (Lipinski definition) is 2. The molecule has 0 saturated carbocycles. The summed E-state index contributed by atoms with van der Waals surface area (Å²) in [4.78, 5) is 26.4. The number of aromatic hydroxyl groups is 1. The predicted octanol–water partition coefficient (Wildman–Crippen LogP) is 2.81. The highest BCUT2D eigenvalue weighted by Gasteiger charge is 2.28. The van der Waals surface area contributed by atoms with Gasteiger partial charge in [0.25, 0.3) is 5.91 Å². The number of hydrogen-bond acceptors (Lipinski definition) is 4. The molecule has 1 saturated heterocycles. The second kappa shape index (κ2) is 7.61. The topological polar surface area (TPSA) is 82.8 Å². The maximum absolute atomic E-state index is 12.5. The average Bonchev–Trinajstić information content (AvgIpc) is 3.15. The summed E-state index contributed by atoms with van der Waals surface area (Å²) < 4.78 is 5.19. The second-order valence-electron chi connectivity index (χ2n) is 6.03. The molecule has 2 heterocycles. The summed E-state index contributed by atoms with van der Waals surface area (Å²) in [5.74, 6) is 0.394. The predicted molar refractivity (Wildman–Crippen MR) is 92.3 cm³/mol. The van der Waals surface area contributed by atoms with E-state index in [1.165, 1.54) is 12.1 Å². The molecule has 0 spiro atoms. The largest absolute Gasteiger partial charge is 0.506 e. The third-order valence-corrected chi connectivity index (χ3v) is 4.67. The molecule has 1 fully saturated rings. The number of nitrogens with one attached hydrogen (secondary N) is 1. The maximum atomic E-state index is 12.5. The van der Waals surface area contributed by atoms with Crippen LogP contribution in [0.4, 0.5) is 0 Å². The highest BCUT2D eigenvalue weighted by Crippen LogP contribution is 2.25. The maximum Gasteiger partial charge on any atom is 0.253 e. The monoisotopic (exact) mass is 362 g/mol. The lowest BCUT2D eigenvalue weighted by atomic mass is 9.95. The number of piperidine rings is 1. The fraction of sp³-hybridized carbons (Fsp3) is 0.333. The Kier molecular flexibility index (Phi) is 5.28. The first-order valence-electron chi connectivity index (χ1n) is 8.12. The molecule has 0 unspecified atom stereocenters. The number of likely N-dealkylation sites (tertiary alicyclic amines) is 1. The number of phenols is 1. The molecular weight excluding hydrogens is 344 g/mol. The lowest BCUT2D eigenvalue weighted by molar-refractivity contribution is -0.126. The summed E-state index contributed by atoms with van der Waals surface area (Å²) >= 11 is 5.86. The molecule has 6 nitrogen and oxygen atoms in total. The van der Waals surface area contributed by atoms with Gasteiger partial charge in [0.05, 0.1) is 17.8 Å². The number of carbonyl (C=O) groups excluding carboxylic acids is 2. The number of phenolic OH excluding ortho intramolecular Hbond substituents is 1. The van der Waals surface area contributed by atoms with Crippen molar-refractivity contribution < 1.29 is 19.1 Å². The number of nitrogens with zero attached hydrogens (tertiary/aromatic N) is 1. The van der Waals surface area contributed by atoms with Gasteiger partial charge in [-0.2, -0.15) is 0 Å². The van der Waals surface area contributed by atoms with E-state index in [1.807, 2.05) is 6.07 Å². The van der Waals surface area contributed by atoms with Crippen molar-refractivity contribution in [1.29, 1.82) is 0 Å². The van der Waals surface area contributed by atoms with Crippen molar-refractivity contribution in [2.24, 2.45) is 5.92 Å². The van der Waals surface area contributed by atoms with Crippen LogP contribution in [0, 0.1) is 5.92 Å². The molecule has 7 heteroatoms. The van der Waals surface area contributed by atoms with Crippen molar-refractivity contribution in [2.45, 2.75) is 19.4 Å². The van der Waals surface area contributed by atoms with Crippen molar-refractivity contribution in [2.75, 3.05) is 13.1 Å². The van der Waals surface area contributed by atoms with Crippen LogP contribution in [0.15, 0.2) is 41.0 Å². The molecule has 1 aromatic carbocycles. The lowest BCUT2D eigenvalue weighted by Gasteiger charge is -2.31. The Hall–Kier alpha value is -2.47. The fourth-order valence-electron chi connectivity index (χ4n) is 2.90. The molecule has 1 aliphatic heterocycles. The minimum Gasteiger partial charge on any atom is -0.506 e. The van der Waals surface area contributed by atoms with Gasteiger partial charge in [0.2, 0.25) is 5.91 Å². The van der Waals surface area contributed by atoms with Crippen molar-refractivity contribution >= 4 is 23.4 Å². The van der Waals surface area contributed by atoms with Crippen LogP contribution >= 0.6 is 11.6 Å². The van der Waals surface area contributed by atoms with E-state index in [1.54, 1.807) is 23.3 Å². The molecule has 0 atom stereocenters. The Morgan fingerprint density at radius 3 is 2.68 bits per heavy atom. The van der Waals surface area contributed by atoms with Crippen molar-refractivity contribution in [1.82, 2.24) is 10.2 Å². The highest BCUT2D eigenvalue weighted by atomic mass is 35.5. The third-order valence-electron chi connectivity index (χ3n) is 4.36. The first-order chi connectivity index (χ1) is 12.0. The van der Waals surface area contributed by atoms with Crippen LogP contribution in [0.5, 0.6) is 5.75 Å². The van der Waals surface area contributed by atoms with Crippen LogP contribution in [0.1, 0.15) is 29.0 Å². The smallest absolute Gasteiger partial charge is 0.253 e. The summed E-state index contributed by atoms with van der Waals surface area (Å²) in [6.07, 6.45) is 2.80. The van der Waals surface area contributed by atoms with E-state index < -0.39 is 0 Å².